The van der Waals surface area contributed by atoms with Gasteiger partial charge in [0.25, 0.3) is 0 Å². The fourth-order valence-electron chi connectivity index (χ4n) is 1.88. The molecule has 2 rings (SSSR count). The van der Waals surface area contributed by atoms with E-state index < -0.39 is 13.4 Å². The van der Waals surface area contributed by atoms with Crippen LogP contribution in [0.1, 0.15) is 11.5 Å². The van der Waals surface area contributed by atoms with E-state index in [2.05, 4.69) is 5.32 Å². The maximum Gasteiger partial charge on any atom is 0.359 e. The monoisotopic (exact) mass is 311 g/mol. The Balaban J connectivity index is 2.30. The van der Waals surface area contributed by atoms with Crippen LogP contribution in [-0.4, -0.2) is 21.3 Å². The highest BCUT2D eigenvalue weighted by Crippen LogP contribution is 2.59. The first-order valence-corrected chi connectivity index (χ1v) is 7.89. The first-order chi connectivity index (χ1) is 10.1. The summed E-state index contributed by atoms with van der Waals surface area (Å²) in [4.78, 5) is 0. The minimum atomic E-state index is -3.40. The molecule has 0 spiro atoms. The number of nitrogens with one attached hydrogen (secondary N) is 1. The SMILES string of the molecule is COc1ccc(NC(c2ccco2)P(=O)(OC)OC)cc1. The summed E-state index contributed by atoms with van der Waals surface area (Å²) in [7, 11) is 0.881. The van der Waals surface area contributed by atoms with E-state index >= 15 is 0 Å². The molecule has 1 aromatic heterocycles. The van der Waals surface area contributed by atoms with E-state index in [-0.39, 0.29) is 0 Å². The van der Waals surface area contributed by atoms with Crippen LogP contribution >= 0.6 is 7.60 Å². The number of hydrogen-bond acceptors (Lipinski definition) is 6. The quantitative estimate of drug-likeness (QED) is 0.782. The van der Waals surface area contributed by atoms with Crippen LogP contribution in [0.15, 0.2) is 47.1 Å². The highest BCUT2D eigenvalue weighted by molar-refractivity contribution is 7.54. The predicted molar refractivity (Wildman–Crippen MR) is 79.7 cm³/mol. The lowest BCUT2D eigenvalue weighted by Gasteiger charge is -2.24. The Morgan fingerprint density at radius 1 is 1.10 bits per heavy atom. The average molecular weight is 311 g/mol. The molecule has 0 amide bonds. The van der Waals surface area contributed by atoms with Gasteiger partial charge in [-0.05, 0) is 36.4 Å². The van der Waals surface area contributed by atoms with Crippen LogP contribution in [0.4, 0.5) is 5.69 Å². The standard InChI is InChI=1S/C14H18NO5P/c1-17-12-8-6-11(7-9-12)15-14(13-5-4-10-20-13)21(16,18-2)19-3/h4-10,14-15H,1-3H3. The normalized spacial score (nSPS) is 12.9. The molecule has 6 nitrogen and oxygen atoms in total. The molecule has 0 radical (unpaired) electrons. The zero-order valence-corrected chi connectivity index (χ0v) is 13.0. The fourth-order valence-corrected chi connectivity index (χ4v) is 3.22. The van der Waals surface area contributed by atoms with E-state index in [1.54, 1.807) is 31.4 Å². The summed E-state index contributed by atoms with van der Waals surface area (Å²) < 4.78 is 33.3. The van der Waals surface area contributed by atoms with Crippen LogP contribution in [-0.2, 0) is 13.6 Å². The summed E-state index contributed by atoms with van der Waals surface area (Å²) in [6.45, 7) is 0. The summed E-state index contributed by atoms with van der Waals surface area (Å²) >= 11 is 0. The summed E-state index contributed by atoms with van der Waals surface area (Å²) in [6.07, 6.45) is 1.51. The molecule has 1 atom stereocenters. The molecule has 0 aliphatic rings. The second-order valence-corrected chi connectivity index (χ2v) is 6.52. The first-order valence-electron chi connectivity index (χ1n) is 6.28. The van der Waals surface area contributed by atoms with Crippen molar-refractivity contribution in [3.63, 3.8) is 0 Å². The van der Waals surface area contributed by atoms with Gasteiger partial charge < -0.3 is 23.5 Å². The Hall–Kier alpha value is -1.75. The van der Waals surface area contributed by atoms with Gasteiger partial charge in [-0.2, -0.15) is 0 Å². The molecule has 114 valence electrons. The molecular weight excluding hydrogens is 293 g/mol. The smallest absolute Gasteiger partial charge is 0.359 e. The van der Waals surface area contributed by atoms with Crippen LogP contribution in [0, 0.1) is 0 Å². The lowest BCUT2D eigenvalue weighted by Crippen LogP contribution is -2.13. The van der Waals surface area contributed by atoms with Gasteiger partial charge in [0.05, 0.1) is 13.4 Å². The third-order valence-corrected chi connectivity index (χ3v) is 5.07. The molecule has 7 heteroatoms. The topological polar surface area (TPSA) is 69.9 Å². The van der Waals surface area contributed by atoms with E-state index in [0.29, 0.717) is 5.76 Å². The molecule has 1 unspecified atom stereocenters. The van der Waals surface area contributed by atoms with Gasteiger partial charge in [0.15, 0.2) is 5.78 Å². The highest BCUT2D eigenvalue weighted by Gasteiger charge is 2.37. The number of anilines is 1. The van der Waals surface area contributed by atoms with Crippen molar-refractivity contribution in [3.05, 3.63) is 48.4 Å². The lowest BCUT2D eigenvalue weighted by atomic mass is 10.3. The number of benzene rings is 1. The summed E-state index contributed by atoms with van der Waals surface area (Å²) in [5.74, 6) is 0.463. The number of hydrogen-bond donors (Lipinski definition) is 1. The van der Waals surface area contributed by atoms with Gasteiger partial charge in [-0.15, -0.1) is 0 Å². The molecule has 0 fully saturated rings. The predicted octanol–water partition coefficient (Wildman–Crippen LogP) is 3.88. The van der Waals surface area contributed by atoms with Gasteiger partial charge in [0.2, 0.25) is 0 Å². The number of ether oxygens (including phenoxy) is 1. The summed E-state index contributed by atoms with van der Waals surface area (Å²) in [6, 6.07) is 10.6. The van der Waals surface area contributed by atoms with Crippen molar-refractivity contribution < 1.29 is 22.8 Å². The molecule has 21 heavy (non-hydrogen) atoms. The van der Waals surface area contributed by atoms with Crippen molar-refractivity contribution in [1.82, 2.24) is 0 Å². The van der Waals surface area contributed by atoms with E-state index in [9.17, 15) is 4.57 Å². The van der Waals surface area contributed by atoms with Crippen LogP contribution < -0.4 is 10.1 Å². The van der Waals surface area contributed by atoms with E-state index in [1.165, 1.54) is 20.5 Å². The van der Waals surface area contributed by atoms with Crippen molar-refractivity contribution >= 4 is 13.3 Å². The molecule has 0 bridgehead atoms. The molecule has 1 heterocycles. The zero-order valence-electron chi connectivity index (χ0n) is 12.1. The Morgan fingerprint density at radius 3 is 2.24 bits per heavy atom. The minimum Gasteiger partial charge on any atom is -0.497 e. The second-order valence-electron chi connectivity index (χ2n) is 4.20. The Kier molecular flexibility index (Phi) is 5.07. The molecule has 1 N–H and O–H groups in total. The molecule has 0 aliphatic carbocycles. The van der Waals surface area contributed by atoms with Crippen LogP contribution in [0.5, 0.6) is 5.75 Å². The average Bonchev–Trinajstić information content (AvgIpc) is 3.06. The van der Waals surface area contributed by atoms with Gasteiger partial charge in [-0.25, -0.2) is 0 Å². The molecule has 0 saturated heterocycles. The van der Waals surface area contributed by atoms with E-state index in [4.69, 9.17) is 18.2 Å². The van der Waals surface area contributed by atoms with Crippen molar-refractivity contribution in [3.8, 4) is 5.75 Å². The minimum absolute atomic E-state index is 0.470. The van der Waals surface area contributed by atoms with Crippen LogP contribution in [0.3, 0.4) is 0 Å². The number of rotatable bonds is 7. The molecule has 0 aliphatic heterocycles. The van der Waals surface area contributed by atoms with Crippen LogP contribution in [0.2, 0.25) is 0 Å². The van der Waals surface area contributed by atoms with Gasteiger partial charge in [-0.3, -0.25) is 4.57 Å². The highest BCUT2D eigenvalue weighted by atomic mass is 31.2. The largest absolute Gasteiger partial charge is 0.497 e. The van der Waals surface area contributed by atoms with Gasteiger partial charge in [0.1, 0.15) is 11.5 Å². The molecular formula is C14H18NO5P. The maximum atomic E-state index is 12.7. The Labute approximate surface area is 123 Å². The Bertz CT molecular complexity index is 588. The number of methoxy groups -OCH3 is 1. The molecule has 0 saturated carbocycles. The van der Waals surface area contributed by atoms with Crippen molar-refractivity contribution in [2.24, 2.45) is 0 Å². The van der Waals surface area contributed by atoms with E-state index in [1.807, 2.05) is 12.1 Å². The van der Waals surface area contributed by atoms with Gasteiger partial charge in [0, 0.05) is 19.9 Å². The molecule has 1 aromatic carbocycles. The second kappa shape index (κ2) is 6.80. The zero-order chi connectivity index (χ0) is 15.3. The summed E-state index contributed by atoms with van der Waals surface area (Å²) in [5.41, 5.74) is 0.742. The van der Waals surface area contributed by atoms with Crippen LogP contribution in [0.25, 0.3) is 0 Å². The van der Waals surface area contributed by atoms with Crippen molar-refractivity contribution in [2.75, 3.05) is 26.6 Å². The molecule has 2 aromatic rings. The third-order valence-electron chi connectivity index (χ3n) is 3.03. The first kappa shape index (κ1) is 15.6. The number of furan rings is 1. The third kappa shape index (κ3) is 3.47. The summed E-state index contributed by atoms with van der Waals surface area (Å²) in [5, 5.41) is 3.11. The van der Waals surface area contributed by atoms with Crippen molar-refractivity contribution in [1.29, 1.82) is 0 Å². The van der Waals surface area contributed by atoms with E-state index in [0.717, 1.165) is 11.4 Å². The van der Waals surface area contributed by atoms with Gasteiger partial charge in [-0.1, -0.05) is 0 Å². The maximum absolute atomic E-state index is 12.7. The lowest BCUT2D eigenvalue weighted by molar-refractivity contribution is 0.264. The fraction of sp³-hybridized carbons (Fsp3) is 0.286. The van der Waals surface area contributed by atoms with Gasteiger partial charge >= 0.3 is 7.60 Å². The van der Waals surface area contributed by atoms with Crippen molar-refractivity contribution in [2.45, 2.75) is 5.78 Å². The Morgan fingerprint density at radius 2 is 1.76 bits per heavy atom.